The quantitative estimate of drug-likeness (QED) is 0.700. The molecule has 3 heterocycles. The molecule has 0 fully saturated rings. The van der Waals surface area contributed by atoms with Crippen LogP contribution in [-0.4, -0.2) is 32.5 Å². The molecule has 3 aromatic rings. The maximum atomic E-state index is 12.4. The first-order valence-corrected chi connectivity index (χ1v) is 9.75. The van der Waals surface area contributed by atoms with Crippen molar-refractivity contribution < 1.29 is 14.6 Å². The minimum absolute atomic E-state index is 0.0565. The number of pyridine rings is 1. The zero-order valence-corrected chi connectivity index (χ0v) is 17.7. The largest absolute Gasteiger partial charge is 0.494 e. The number of hydrogen-bond donors (Lipinski definition) is 1. The van der Waals surface area contributed by atoms with Crippen LogP contribution < -0.4 is 10.2 Å². The van der Waals surface area contributed by atoms with Crippen LogP contribution in [0.15, 0.2) is 35.3 Å². The lowest BCUT2D eigenvalue weighted by Gasteiger charge is -2.38. The van der Waals surface area contributed by atoms with Crippen molar-refractivity contribution in [2.24, 2.45) is 5.41 Å². The molecule has 0 spiro atoms. The highest BCUT2D eigenvalue weighted by Crippen LogP contribution is 2.42. The van der Waals surface area contributed by atoms with E-state index in [0.717, 1.165) is 16.6 Å². The van der Waals surface area contributed by atoms with Gasteiger partial charge in [0.15, 0.2) is 5.43 Å². The standard InChI is InChI=1S/C20H21N3O4.C2H6/c1-20(2,3)16-10-23-18(11-6-5-7-15(27-4)17(11)21-23)13-8-14(24)12(19(25)26)9-22(13)16;1-2/h5-9,16H,10H2,1-4H3,(H,25,26);1-2H3. The summed E-state index contributed by atoms with van der Waals surface area (Å²) >= 11 is 0. The smallest absolute Gasteiger partial charge is 0.341 e. The molecular weight excluding hydrogens is 370 g/mol. The molecule has 1 aliphatic rings. The molecule has 1 aromatic carbocycles. The Hall–Kier alpha value is -3.09. The molecule has 0 saturated heterocycles. The van der Waals surface area contributed by atoms with Crippen LogP contribution in [0, 0.1) is 5.41 Å². The van der Waals surface area contributed by atoms with E-state index in [1.54, 1.807) is 7.11 Å². The van der Waals surface area contributed by atoms with Gasteiger partial charge < -0.3 is 14.4 Å². The molecule has 4 rings (SSSR count). The lowest BCUT2D eigenvalue weighted by Crippen LogP contribution is -2.35. The van der Waals surface area contributed by atoms with Crippen LogP contribution in [0.5, 0.6) is 5.75 Å². The minimum Gasteiger partial charge on any atom is -0.494 e. The van der Waals surface area contributed by atoms with Gasteiger partial charge in [-0.05, 0) is 11.5 Å². The summed E-state index contributed by atoms with van der Waals surface area (Å²) in [5.41, 5.74) is 1.31. The summed E-state index contributed by atoms with van der Waals surface area (Å²) in [5, 5.41) is 15.0. The highest BCUT2D eigenvalue weighted by molar-refractivity contribution is 5.96. The highest BCUT2D eigenvalue weighted by Gasteiger charge is 2.35. The van der Waals surface area contributed by atoms with Gasteiger partial charge >= 0.3 is 5.97 Å². The summed E-state index contributed by atoms with van der Waals surface area (Å²) in [6, 6.07) is 7.03. The van der Waals surface area contributed by atoms with Gasteiger partial charge in [-0.3, -0.25) is 9.48 Å². The van der Waals surface area contributed by atoms with Crippen LogP contribution in [0.4, 0.5) is 0 Å². The van der Waals surface area contributed by atoms with Crippen molar-refractivity contribution in [3.8, 4) is 17.1 Å². The van der Waals surface area contributed by atoms with E-state index in [1.807, 2.05) is 41.3 Å². The van der Waals surface area contributed by atoms with Gasteiger partial charge in [0.05, 0.1) is 31.1 Å². The van der Waals surface area contributed by atoms with Gasteiger partial charge in [0.1, 0.15) is 16.8 Å². The number of carbonyl (C=O) groups is 1. The Morgan fingerprint density at radius 2 is 1.97 bits per heavy atom. The van der Waals surface area contributed by atoms with Gasteiger partial charge in [-0.2, -0.15) is 5.10 Å². The molecule has 2 aromatic heterocycles. The Balaban J connectivity index is 0.00000117. The van der Waals surface area contributed by atoms with Crippen molar-refractivity contribution in [3.63, 3.8) is 0 Å². The van der Waals surface area contributed by atoms with E-state index in [4.69, 9.17) is 9.84 Å². The molecule has 7 nitrogen and oxygen atoms in total. The lowest BCUT2D eigenvalue weighted by molar-refractivity contribution is 0.0693. The SMILES string of the molecule is CC.COc1cccc2c3n(nc12)CC(C(C)(C)C)n1cc(C(=O)O)c(=O)cc1-3. The summed E-state index contributed by atoms with van der Waals surface area (Å²) in [4.78, 5) is 23.9. The molecule has 29 heavy (non-hydrogen) atoms. The second-order valence-corrected chi connectivity index (χ2v) is 7.92. The summed E-state index contributed by atoms with van der Waals surface area (Å²) in [6.45, 7) is 10.9. The Morgan fingerprint density at radius 3 is 2.55 bits per heavy atom. The van der Waals surface area contributed by atoms with Crippen molar-refractivity contribution in [1.82, 2.24) is 14.3 Å². The molecule has 0 bridgehead atoms. The van der Waals surface area contributed by atoms with Crippen molar-refractivity contribution in [2.75, 3.05) is 7.11 Å². The summed E-state index contributed by atoms with van der Waals surface area (Å²) in [7, 11) is 1.60. The van der Waals surface area contributed by atoms with Crippen molar-refractivity contribution in [2.45, 2.75) is 47.2 Å². The van der Waals surface area contributed by atoms with E-state index in [0.29, 0.717) is 18.0 Å². The number of fused-ring (bicyclic) bond motifs is 5. The van der Waals surface area contributed by atoms with Gasteiger partial charge in [-0.25, -0.2) is 4.79 Å². The summed E-state index contributed by atoms with van der Waals surface area (Å²) < 4.78 is 9.26. The first kappa shape index (κ1) is 20.6. The topological polar surface area (TPSA) is 86.3 Å². The zero-order chi connectivity index (χ0) is 21.5. The monoisotopic (exact) mass is 397 g/mol. The molecule has 1 unspecified atom stereocenters. The van der Waals surface area contributed by atoms with E-state index in [-0.39, 0.29) is 17.0 Å². The predicted octanol–water partition coefficient (Wildman–Crippen LogP) is 4.20. The number of carboxylic acids is 1. The predicted molar refractivity (Wildman–Crippen MR) is 113 cm³/mol. The normalized spacial score (nSPS) is 15.2. The molecule has 1 aliphatic heterocycles. The van der Waals surface area contributed by atoms with Crippen LogP contribution in [0.25, 0.3) is 22.3 Å². The molecular formula is C22H27N3O4. The van der Waals surface area contributed by atoms with E-state index in [1.165, 1.54) is 12.3 Å². The summed E-state index contributed by atoms with van der Waals surface area (Å²) in [5.74, 6) is -0.550. The molecule has 7 heteroatoms. The summed E-state index contributed by atoms with van der Waals surface area (Å²) in [6.07, 6.45) is 1.47. The fraction of sp³-hybridized carbons (Fsp3) is 0.409. The fourth-order valence-corrected chi connectivity index (χ4v) is 3.79. The van der Waals surface area contributed by atoms with Crippen LogP contribution in [0.3, 0.4) is 0 Å². The van der Waals surface area contributed by atoms with Gasteiger partial charge in [-0.15, -0.1) is 0 Å². The fourth-order valence-electron chi connectivity index (χ4n) is 3.79. The molecule has 0 aliphatic carbocycles. The van der Waals surface area contributed by atoms with Crippen LogP contribution in [0.1, 0.15) is 51.0 Å². The van der Waals surface area contributed by atoms with Crippen LogP contribution >= 0.6 is 0 Å². The first-order chi connectivity index (χ1) is 13.7. The van der Waals surface area contributed by atoms with Gasteiger partial charge in [0, 0.05) is 17.6 Å². The average Bonchev–Trinajstić information content (AvgIpc) is 3.06. The number of carboxylic acid groups (broad SMARTS) is 1. The number of nitrogens with zero attached hydrogens (tertiary/aromatic N) is 3. The zero-order valence-electron chi connectivity index (χ0n) is 17.7. The highest BCUT2D eigenvalue weighted by atomic mass is 16.5. The third-order valence-electron chi connectivity index (χ3n) is 5.19. The molecule has 0 amide bonds. The van der Waals surface area contributed by atoms with Gasteiger partial charge in [-0.1, -0.05) is 46.8 Å². The van der Waals surface area contributed by atoms with Crippen molar-refractivity contribution in [3.05, 3.63) is 46.2 Å². The second-order valence-electron chi connectivity index (χ2n) is 7.92. The van der Waals surface area contributed by atoms with Crippen LogP contribution in [0.2, 0.25) is 0 Å². The number of methoxy groups -OCH3 is 1. The molecule has 1 atom stereocenters. The minimum atomic E-state index is -1.21. The van der Waals surface area contributed by atoms with Gasteiger partial charge in [0.2, 0.25) is 0 Å². The van der Waals surface area contributed by atoms with E-state index >= 15 is 0 Å². The maximum absolute atomic E-state index is 12.4. The number of rotatable bonds is 2. The maximum Gasteiger partial charge on any atom is 0.341 e. The third kappa shape index (κ3) is 3.30. The van der Waals surface area contributed by atoms with Crippen LogP contribution in [-0.2, 0) is 6.54 Å². The van der Waals surface area contributed by atoms with E-state index in [9.17, 15) is 14.7 Å². The molecule has 0 saturated carbocycles. The van der Waals surface area contributed by atoms with Crippen molar-refractivity contribution >= 4 is 16.9 Å². The second kappa shape index (κ2) is 7.39. The number of aromatic carboxylic acids is 1. The lowest BCUT2D eigenvalue weighted by atomic mass is 9.85. The molecule has 0 radical (unpaired) electrons. The molecule has 154 valence electrons. The number of ether oxygens (including phenoxy) is 1. The first-order valence-electron chi connectivity index (χ1n) is 9.75. The van der Waals surface area contributed by atoms with Gasteiger partial charge in [0.25, 0.3) is 0 Å². The van der Waals surface area contributed by atoms with Crippen molar-refractivity contribution in [1.29, 1.82) is 0 Å². The third-order valence-corrected chi connectivity index (χ3v) is 5.19. The molecule has 1 N–H and O–H groups in total. The Morgan fingerprint density at radius 1 is 1.28 bits per heavy atom. The average molecular weight is 397 g/mol. The Kier molecular flexibility index (Phi) is 5.26. The number of benzene rings is 1. The van der Waals surface area contributed by atoms with E-state index < -0.39 is 11.4 Å². The number of hydrogen-bond acceptors (Lipinski definition) is 4. The number of aromatic nitrogens is 3. The Bertz CT molecular complexity index is 1140. The van der Waals surface area contributed by atoms with E-state index in [2.05, 4.69) is 20.8 Å². The Labute approximate surface area is 169 Å².